The van der Waals surface area contributed by atoms with Crippen LogP contribution in [0.1, 0.15) is 36.8 Å². The molecule has 90 valence electrons. The quantitative estimate of drug-likeness (QED) is 0.844. The van der Waals surface area contributed by atoms with Gasteiger partial charge in [0, 0.05) is 12.5 Å². The summed E-state index contributed by atoms with van der Waals surface area (Å²) >= 11 is 0. The van der Waals surface area contributed by atoms with E-state index in [0.29, 0.717) is 25.3 Å². The first-order valence-corrected chi connectivity index (χ1v) is 5.24. The average molecular weight is 234 g/mol. The van der Waals surface area contributed by atoms with Crippen LogP contribution in [0.25, 0.3) is 0 Å². The van der Waals surface area contributed by atoms with E-state index in [1.54, 1.807) is 0 Å². The maximum absolute atomic E-state index is 12.6. The SMILES string of the molecule is NCCC1CCCn2c1nnc2C(F)(F)F. The molecule has 2 rings (SSSR count). The first-order chi connectivity index (χ1) is 7.54. The first kappa shape index (κ1) is 11.4. The van der Waals surface area contributed by atoms with Gasteiger partial charge in [0.05, 0.1) is 0 Å². The Morgan fingerprint density at radius 2 is 2.12 bits per heavy atom. The van der Waals surface area contributed by atoms with Crippen LogP contribution in [-0.2, 0) is 12.7 Å². The van der Waals surface area contributed by atoms with Gasteiger partial charge in [-0.15, -0.1) is 10.2 Å². The van der Waals surface area contributed by atoms with Crippen LogP contribution in [0.15, 0.2) is 0 Å². The average Bonchev–Trinajstić information content (AvgIpc) is 2.62. The van der Waals surface area contributed by atoms with E-state index in [4.69, 9.17) is 5.73 Å². The van der Waals surface area contributed by atoms with Crippen molar-refractivity contribution in [3.05, 3.63) is 11.6 Å². The van der Waals surface area contributed by atoms with Crippen molar-refractivity contribution < 1.29 is 13.2 Å². The lowest BCUT2D eigenvalue weighted by Gasteiger charge is -2.23. The number of alkyl halides is 3. The van der Waals surface area contributed by atoms with Gasteiger partial charge in [0.2, 0.25) is 5.82 Å². The standard InChI is InChI=1S/C9H13F3N4/c10-9(11,12)8-15-14-7-6(3-4-13)2-1-5-16(7)8/h6H,1-5,13H2. The summed E-state index contributed by atoms with van der Waals surface area (Å²) < 4.78 is 38.9. The smallest absolute Gasteiger partial charge is 0.330 e. The van der Waals surface area contributed by atoms with E-state index in [9.17, 15) is 13.2 Å². The number of rotatable bonds is 2. The summed E-state index contributed by atoms with van der Waals surface area (Å²) in [5.41, 5.74) is 5.43. The Bertz CT molecular complexity index is 371. The van der Waals surface area contributed by atoms with Gasteiger partial charge in [0.1, 0.15) is 5.82 Å². The van der Waals surface area contributed by atoms with Gasteiger partial charge in [0.25, 0.3) is 0 Å². The number of aromatic nitrogens is 3. The van der Waals surface area contributed by atoms with Crippen molar-refractivity contribution in [1.29, 1.82) is 0 Å². The van der Waals surface area contributed by atoms with Crippen molar-refractivity contribution in [3.63, 3.8) is 0 Å². The summed E-state index contributed by atoms with van der Waals surface area (Å²) in [5, 5.41) is 6.91. The van der Waals surface area contributed by atoms with E-state index in [1.165, 1.54) is 4.57 Å². The molecule has 2 heterocycles. The number of hydrogen-bond donors (Lipinski definition) is 1. The predicted molar refractivity (Wildman–Crippen MR) is 50.7 cm³/mol. The molecule has 0 aliphatic carbocycles. The Morgan fingerprint density at radius 3 is 2.75 bits per heavy atom. The van der Waals surface area contributed by atoms with Crippen molar-refractivity contribution in [2.24, 2.45) is 5.73 Å². The maximum Gasteiger partial charge on any atom is 0.451 e. The normalized spacial score (nSPS) is 20.9. The molecule has 0 saturated heterocycles. The minimum atomic E-state index is -4.42. The van der Waals surface area contributed by atoms with Crippen molar-refractivity contribution in [3.8, 4) is 0 Å². The highest BCUT2D eigenvalue weighted by atomic mass is 19.4. The molecule has 0 bridgehead atoms. The fourth-order valence-electron chi connectivity index (χ4n) is 2.15. The van der Waals surface area contributed by atoms with Crippen molar-refractivity contribution in [1.82, 2.24) is 14.8 Å². The monoisotopic (exact) mass is 234 g/mol. The molecule has 4 nitrogen and oxygen atoms in total. The van der Waals surface area contributed by atoms with Gasteiger partial charge >= 0.3 is 6.18 Å². The summed E-state index contributed by atoms with van der Waals surface area (Å²) in [4.78, 5) is 0. The van der Waals surface area contributed by atoms with Gasteiger partial charge in [-0.3, -0.25) is 0 Å². The number of fused-ring (bicyclic) bond motifs is 1. The Hall–Kier alpha value is -1.11. The number of halogens is 3. The zero-order valence-electron chi connectivity index (χ0n) is 8.67. The third-order valence-corrected chi connectivity index (χ3v) is 2.85. The lowest BCUT2D eigenvalue weighted by molar-refractivity contribution is -0.147. The summed E-state index contributed by atoms with van der Waals surface area (Å²) in [6, 6.07) is 0. The topological polar surface area (TPSA) is 56.7 Å². The van der Waals surface area contributed by atoms with Crippen LogP contribution in [0.5, 0.6) is 0 Å². The van der Waals surface area contributed by atoms with E-state index in [1.807, 2.05) is 0 Å². The van der Waals surface area contributed by atoms with Crippen molar-refractivity contribution in [2.45, 2.75) is 37.9 Å². The highest BCUT2D eigenvalue weighted by Gasteiger charge is 2.40. The molecule has 0 saturated carbocycles. The van der Waals surface area contributed by atoms with Crippen LogP contribution < -0.4 is 5.73 Å². The molecule has 16 heavy (non-hydrogen) atoms. The van der Waals surface area contributed by atoms with Crippen LogP contribution >= 0.6 is 0 Å². The molecule has 0 aromatic carbocycles. The van der Waals surface area contributed by atoms with Gasteiger partial charge in [0.15, 0.2) is 0 Å². The zero-order chi connectivity index (χ0) is 11.8. The molecule has 1 atom stereocenters. The molecule has 1 aromatic rings. The molecule has 1 aromatic heterocycles. The molecular weight excluding hydrogens is 221 g/mol. The molecule has 1 aliphatic heterocycles. The molecule has 1 unspecified atom stereocenters. The fraction of sp³-hybridized carbons (Fsp3) is 0.778. The van der Waals surface area contributed by atoms with E-state index < -0.39 is 12.0 Å². The Labute approximate surface area is 90.6 Å². The number of hydrogen-bond acceptors (Lipinski definition) is 3. The van der Waals surface area contributed by atoms with Crippen LogP contribution in [0, 0.1) is 0 Å². The third-order valence-electron chi connectivity index (χ3n) is 2.85. The minimum Gasteiger partial charge on any atom is -0.330 e. The van der Waals surface area contributed by atoms with E-state index >= 15 is 0 Å². The van der Waals surface area contributed by atoms with Gasteiger partial charge < -0.3 is 10.3 Å². The molecule has 0 radical (unpaired) electrons. The molecule has 0 amide bonds. The van der Waals surface area contributed by atoms with E-state index in [0.717, 1.165) is 12.8 Å². The molecule has 0 fully saturated rings. The van der Waals surface area contributed by atoms with Gasteiger partial charge in [-0.2, -0.15) is 13.2 Å². The summed E-state index contributed by atoms with van der Waals surface area (Å²) in [5.74, 6) is -0.435. The summed E-state index contributed by atoms with van der Waals surface area (Å²) in [6.45, 7) is 0.803. The fourth-order valence-corrected chi connectivity index (χ4v) is 2.15. The second-order valence-electron chi connectivity index (χ2n) is 3.95. The van der Waals surface area contributed by atoms with Crippen LogP contribution in [0.4, 0.5) is 13.2 Å². The van der Waals surface area contributed by atoms with E-state index in [-0.39, 0.29) is 5.92 Å². The number of nitrogens with two attached hydrogens (primary N) is 1. The lowest BCUT2D eigenvalue weighted by Crippen LogP contribution is -2.23. The van der Waals surface area contributed by atoms with Gasteiger partial charge in [-0.05, 0) is 25.8 Å². The van der Waals surface area contributed by atoms with Crippen molar-refractivity contribution in [2.75, 3.05) is 6.54 Å². The molecule has 1 aliphatic rings. The summed E-state index contributed by atoms with van der Waals surface area (Å²) in [6.07, 6.45) is -2.20. The Balaban J connectivity index is 2.35. The Kier molecular flexibility index (Phi) is 2.88. The lowest BCUT2D eigenvalue weighted by atomic mass is 9.95. The van der Waals surface area contributed by atoms with Crippen LogP contribution in [0.2, 0.25) is 0 Å². The highest BCUT2D eigenvalue weighted by Crippen LogP contribution is 2.34. The minimum absolute atomic E-state index is 0.0161. The highest BCUT2D eigenvalue weighted by molar-refractivity contribution is 5.07. The molecule has 0 spiro atoms. The van der Waals surface area contributed by atoms with Gasteiger partial charge in [-0.25, -0.2) is 0 Å². The maximum atomic E-state index is 12.6. The second-order valence-corrected chi connectivity index (χ2v) is 3.95. The Morgan fingerprint density at radius 1 is 1.38 bits per heavy atom. The zero-order valence-corrected chi connectivity index (χ0v) is 8.67. The molecular formula is C9H13F3N4. The predicted octanol–water partition coefficient (Wildman–Crippen LogP) is 1.52. The van der Waals surface area contributed by atoms with Crippen LogP contribution in [-0.4, -0.2) is 21.3 Å². The molecule has 2 N–H and O–H groups in total. The summed E-state index contributed by atoms with van der Waals surface area (Å²) in [7, 11) is 0. The van der Waals surface area contributed by atoms with Crippen LogP contribution in [0.3, 0.4) is 0 Å². The third kappa shape index (κ3) is 1.91. The van der Waals surface area contributed by atoms with Gasteiger partial charge in [-0.1, -0.05) is 0 Å². The van der Waals surface area contributed by atoms with E-state index in [2.05, 4.69) is 10.2 Å². The number of nitrogens with zero attached hydrogens (tertiary/aromatic N) is 3. The molecule has 7 heteroatoms. The first-order valence-electron chi connectivity index (χ1n) is 5.24. The largest absolute Gasteiger partial charge is 0.451 e. The van der Waals surface area contributed by atoms with Crippen molar-refractivity contribution >= 4 is 0 Å². The second kappa shape index (κ2) is 4.04.